The van der Waals surface area contributed by atoms with Gasteiger partial charge in [-0.25, -0.2) is 13.9 Å². The average Bonchev–Trinajstić information content (AvgIpc) is 2.67. The van der Waals surface area contributed by atoms with Crippen LogP contribution in [0.1, 0.15) is 34.6 Å². The topological polar surface area (TPSA) is 66.1 Å². The van der Waals surface area contributed by atoms with Gasteiger partial charge in [0.05, 0.1) is 22.7 Å². The highest BCUT2D eigenvalue weighted by Crippen LogP contribution is 2.30. The zero-order valence-electron chi connectivity index (χ0n) is 15.1. The first-order valence-corrected chi connectivity index (χ1v) is 8.32. The number of alkyl halides is 3. The van der Waals surface area contributed by atoms with Crippen molar-refractivity contribution in [3.05, 3.63) is 75.2 Å². The lowest BCUT2D eigenvalue weighted by molar-refractivity contribution is -0.137. The fraction of sp³-hybridized carbons (Fsp3) is 0.211. The van der Waals surface area contributed by atoms with Gasteiger partial charge in [0.1, 0.15) is 0 Å². The molecule has 1 heterocycles. The van der Waals surface area contributed by atoms with Crippen molar-refractivity contribution in [2.75, 3.05) is 7.05 Å². The molecule has 3 aromatic rings. The molecule has 3 rings (SSSR count). The van der Waals surface area contributed by atoms with E-state index in [1.54, 1.807) is 0 Å². The summed E-state index contributed by atoms with van der Waals surface area (Å²) >= 11 is 0. The Balaban J connectivity index is 1.97. The van der Waals surface area contributed by atoms with Crippen LogP contribution in [0.15, 0.2) is 41.2 Å². The number of carbonyl (C=O) groups excluding carboxylic acids is 1. The summed E-state index contributed by atoms with van der Waals surface area (Å²) in [5, 5.41) is 5.90. The fourth-order valence-corrected chi connectivity index (χ4v) is 2.86. The third-order valence-electron chi connectivity index (χ3n) is 4.62. The van der Waals surface area contributed by atoms with E-state index in [-0.39, 0.29) is 22.0 Å². The minimum absolute atomic E-state index is 0.00157. The molecular formula is C19H14F5N3O2. The number of hydrogen-bond acceptors (Lipinski definition) is 3. The number of H-pyrrole nitrogens is 1. The highest BCUT2D eigenvalue weighted by atomic mass is 19.4. The van der Waals surface area contributed by atoms with Crippen LogP contribution in [0.5, 0.6) is 0 Å². The molecule has 0 aliphatic rings. The third kappa shape index (κ3) is 3.82. The summed E-state index contributed by atoms with van der Waals surface area (Å²) in [4.78, 5) is 25.7. The summed E-state index contributed by atoms with van der Waals surface area (Å²) in [6, 6.07) is 4.40. The zero-order valence-corrected chi connectivity index (χ0v) is 15.1. The van der Waals surface area contributed by atoms with E-state index >= 15 is 0 Å². The van der Waals surface area contributed by atoms with Crippen molar-refractivity contribution in [1.82, 2.24) is 15.1 Å². The molecule has 0 aliphatic carbocycles. The number of benzene rings is 2. The molecule has 0 saturated carbocycles. The zero-order chi connectivity index (χ0) is 21.5. The van der Waals surface area contributed by atoms with E-state index in [4.69, 9.17) is 0 Å². The number of rotatable bonds is 3. The molecule has 29 heavy (non-hydrogen) atoms. The summed E-state index contributed by atoms with van der Waals surface area (Å²) in [5.41, 5.74) is -1.53. The second-order valence-electron chi connectivity index (χ2n) is 6.42. The number of halogens is 5. The highest BCUT2D eigenvalue weighted by Gasteiger charge is 2.31. The number of amides is 1. The molecular weight excluding hydrogens is 397 g/mol. The summed E-state index contributed by atoms with van der Waals surface area (Å²) in [7, 11) is 1.38. The van der Waals surface area contributed by atoms with Crippen molar-refractivity contribution < 1.29 is 26.7 Å². The van der Waals surface area contributed by atoms with E-state index in [1.165, 1.54) is 18.9 Å². The first kappa shape index (κ1) is 20.4. The molecule has 1 amide bonds. The van der Waals surface area contributed by atoms with Crippen LogP contribution >= 0.6 is 0 Å². The maximum atomic E-state index is 13.7. The Morgan fingerprint density at radius 3 is 2.17 bits per heavy atom. The van der Waals surface area contributed by atoms with Gasteiger partial charge in [0.2, 0.25) is 0 Å². The Labute approximate surface area is 160 Å². The molecule has 1 aromatic heterocycles. The number of nitrogens with zero attached hydrogens (tertiary/aromatic N) is 2. The van der Waals surface area contributed by atoms with E-state index in [0.29, 0.717) is 0 Å². The van der Waals surface area contributed by atoms with Crippen molar-refractivity contribution in [1.29, 1.82) is 0 Å². The van der Waals surface area contributed by atoms with E-state index < -0.39 is 40.9 Å². The Kier molecular flexibility index (Phi) is 5.12. The summed E-state index contributed by atoms with van der Waals surface area (Å²) in [6.45, 7) is 1.53. The number of aromatic nitrogens is 2. The normalized spacial score (nSPS) is 12.8. The van der Waals surface area contributed by atoms with Crippen LogP contribution in [0, 0.1) is 11.6 Å². The van der Waals surface area contributed by atoms with Gasteiger partial charge in [-0.1, -0.05) is 0 Å². The van der Waals surface area contributed by atoms with Gasteiger partial charge in [-0.15, -0.1) is 0 Å². The monoisotopic (exact) mass is 411 g/mol. The first-order chi connectivity index (χ1) is 13.5. The van der Waals surface area contributed by atoms with Gasteiger partial charge in [0.25, 0.3) is 11.5 Å². The van der Waals surface area contributed by atoms with Crippen LogP contribution in [0.25, 0.3) is 10.8 Å². The SMILES string of the molecule is C[C@H](c1n[nH]c(=O)c2cc(F)c(F)cc12)N(C)C(=O)c1ccc(C(F)(F)F)cc1. The van der Waals surface area contributed by atoms with Crippen LogP contribution in [0.2, 0.25) is 0 Å². The minimum Gasteiger partial charge on any atom is -0.333 e. The second kappa shape index (κ2) is 7.26. The molecule has 152 valence electrons. The van der Waals surface area contributed by atoms with Gasteiger partial charge < -0.3 is 4.90 Å². The van der Waals surface area contributed by atoms with Gasteiger partial charge in [-0.2, -0.15) is 18.3 Å². The lowest BCUT2D eigenvalue weighted by Crippen LogP contribution is -2.31. The molecule has 0 spiro atoms. The Morgan fingerprint density at radius 1 is 1.07 bits per heavy atom. The molecule has 1 N–H and O–H groups in total. The van der Waals surface area contributed by atoms with Crippen LogP contribution in [0.4, 0.5) is 22.0 Å². The number of nitrogens with one attached hydrogen (secondary N) is 1. The van der Waals surface area contributed by atoms with Gasteiger partial charge in [-0.3, -0.25) is 9.59 Å². The fourth-order valence-electron chi connectivity index (χ4n) is 2.86. The molecule has 0 bridgehead atoms. The van der Waals surface area contributed by atoms with Gasteiger partial charge in [-0.05, 0) is 43.3 Å². The second-order valence-corrected chi connectivity index (χ2v) is 6.42. The average molecular weight is 411 g/mol. The van der Waals surface area contributed by atoms with E-state index in [9.17, 15) is 31.5 Å². The smallest absolute Gasteiger partial charge is 0.333 e. The molecule has 10 heteroatoms. The van der Waals surface area contributed by atoms with Gasteiger partial charge in [0.15, 0.2) is 11.6 Å². The largest absolute Gasteiger partial charge is 0.416 e. The van der Waals surface area contributed by atoms with E-state index in [2.05, 4.69) is 10.2 Å². The molecule has 0 radical (unpaired) electrons. The summed E-state index contributed by atoms with van der Waals surface area (Å²) in [5.74, 6) is -3.01. The summed E-state index contributed by atoms with van der Waals surface area (Å²) < 4.78 is 65.2. The molecule has 5 nitrogen and oxygen atoms in total. The molecule has 1 atom stereocenters. The standard InChI is InChI=1S/C19H14F5N3O2/c1-9(16-12-7-14(20)15(21)8-13(12)17(28)26-25-16)27(2)18(29)10-3-5-11(6-4-10)19(22,23)24/h3-9H,1-2H3,(H,26,28)/t9-/m1/s1. The lowest BCUT2D eigenvalue weighted by atomic mass is 10.0. The van der Waals surface area contributed by atoms with Crippen molar-refractivity contribution in [2.24, 2.45) is 0 Å². The van der Waals surface area contributed by atoms with Crippen LogP contribution in [-0.4, -0.2) is 28.1 Å². The quantitative estimate of drug-likeness (QED) is 0.662. The van der Waals surface area contributed by atoms with E-state index in [1.807, 2.05) is 0 Å². The van der Waals surface area contributed by atoms with Crippen molar-refractivity contribution in [3.8, 4) is 0 Å². The summed E-state index contributed by atoms with van der Waals surface area (Å²) in [6.07, 6.45) is -4.53. The lowest BCUT2D eigenvalue weighted by Gasteiger charge is -2.25. The number of aromatic amines is 1. The Morgan fingerprint density at radius 2 is 1.62 bits per heavy atom. The molecule has 2 aromatic carbocycles. The number of hydrogen-bond donors (Lipinski definition) is 1. The van der Waals surface area contributed by atoms with Gasteiger partial charge >= 0.3 is 6.18 Å². The molecule has 0 fully saturated rings. The van der Waals surface area contributed by atoms with Crippen molar-refractivity contribution >= 4 is 16.7 Å². The predicted molar refractivity (Wildman–Crippen MR) is 94.2 cm³/mol. The predicted octanol–water partition coefficient (Wildman–Crippen LogP) is 4.05. The molecule has 0 aliphatic heterocycles. The molecule has 0 unspecified atom stereocenters. The Bertz CT molecular complexity index is 1140. The van der Waals surface area contributed by atoms with Gasteiger partial charge in [0, 0.05) is 18.0 Å². The van der Waals surface area contributed by atoms with Crippen LogP contribution in [-0.2, 0) is 6.18 Å². The number of carbonyl (C=O) groups is 1. The Hall–Kier alpha value is -3.30. The maximum Gasteiger partial charge on any atom is 0.416 e. The third-order valence-corrected chi connectivity index (χ3v) is 4.62. The molecule has 0 saturated heterocycles. The van der Waals surface area contributed by atoms with Crippen LogP contribution in [0.3, 0.4) is 0 Å². The number of fused-ring (bicyclic) bond motifs is 1. The van der Waals surface area contributed by atoms with Crippen LogP contribution < -0.4 is 5.56 Å². The van der Waals surface area contributed by atoms with E-state index in [0.717, 1.165) is 36.4 Å². The van der Waals surface area contributed by atoms with Crippen molar-refractivity contribution in [2.45, 2.75) is 19.1 Å². The van der Waals surface area contributed by atoms with Crippen molar-refractivity contribution in [3.63, 3.8) is 0 Å². The first-order valence-electron chi connectivity index (χ1n) is 8.32. The minimum atomic E-state index is -4.53. The highest BCUT2D eigenvalue weighted by molar-refractivity contribution is 5.94. The maximum absolute atomic E-state index is 13.7.